The Morgan fingerprint density at radius 2 is 1.28 bits per heavy atom. The molecule has 3 aromatic carbocycles. The maximum atomic E-state index is 9.53. The largest absolute Gasteiger partial charge is 0.391 e. The van der Waals surface area contributed by atoms with Crippen LogP contribution in [0.15, 0.2) is 102 Å². The molecular weight excluding hydrogens is 394 g/mol. The third kappa shape index (κ3) is 4.06. The highest BCUT2D eigenvalue weighted by Gasteiger charge is 2.36. The Labute approximate surface area is 179 Å². The minimum Gasteiger partial charge on any atom is -0.391 e. The molecule has 4 heteroatoms. The van der Waals surface area contributed by atoms with E-state index in [0.717, 1.165) is 10.6 Å². The first-order valence-corrected chi connectivity index (χ1v) is 11.1. The number of nitrogens with zero attached hydrogens (tertiary/aromatic N) is 1. The van der Waals surface area contributed by atoms with E-state index in [4.69, 9.17) is 0 Å². The minimum absolute atomic E-state index is 0.0101. The first-order chi connectivity index (χ1) is 14.3. The molecule has 4 rings (SSSR count). The summed E-state index contributed by atoms with van der Waals surface area (Å²) in [6.07, 6.45) is 2.00. The summed E-state index contributed by atoms with van der Waals surface area (Å²) in [5, 5.41) is 11.6. The van der Waals surface area contributed by atoms with Crippen molar-refractivity contribution in [1.29, 1.82) is 0 Å². The number of hydrogen-bond acceptors (Lipinski definition) is 4. The van der Waals surface area contributed by atoms with Crippen molar-refractivity contribution in [3.63, 3.8) is 0 Å². The van der Waals surface area contributed by atoms with Crippen LogP contribution >= 0.6 is 23.1 Å². The fourth-order valence-electron chi connectivity index (χ4n) is 3.46. The van der Waals surface area contributed by atoms with Crippen LogP contribution in [0.3, 0.4) is 0 Å². The van der Waals surface area contributed by atoms with Crippen LogP contribution in [0.2, 0.25) is 0 Å². The molecule has 0 saturated heterocycles. The van der Waals surface area contributed by atoms with Crippen LogP contribution in [0.25, 0.3) is 6.08 Å². The number of benzene rings is 3. The van der Waals surface area contributed by atoms with Gasteiger partial charge in [-0.3, -0.25) is 0 Å². The van der Waals surface area contributed by atoms with Crippen molar-refractivity contribution in [2.75, 3.05) is 0 Å². The molecule has 0 fully saturated rings. The van der Waals surface area contributed by atoms with Crippen molar-refractivity contribution in [3.8, 4) is 0 Å². The van der Waals surface area contributed by atoms with Crippen LogP contribution in [0, 0.1) is 0 Å². The zero-order valence-corrected chi connectivity index (χ0v) is 17.4. The fraction of sp³-hybridized carbons (Fsp3) is 0.0800. The van der Waals surface area contributed by atoms with E-state index in [-0.39, 0.29) is 6.61 Å². The van der Waals surface area contributed by atoms with E-state index in [1.807, 2.05) is 24.3 Å². The average molecular weight is 416 g/mol. The molecule has 1 heterocycles. The fourth-order valence-corrected chi connectivity index (χ4v) is 5.28. The highest BCUT2D eigenvalue weighted by molar-refractivity contribution is 8.03. The van der Waals surface area contributed by atoms with Gasteiger partial charge in [-0.25, -0.2) is 4.98 Å². The molecule has 144 valence electrons. The Balaban J connectivity index is 1.86. The SMILES string of the molecule is OCc1scnc1C=CSC(c1ccccc1)(c1ccccc1)c1ccccc1. The molecule has 0 aliphatic heterocycles. The second-order valence-electron chi connectivity index (χ2n) is 6.52. The molecule has 1 aromatic heterocycles. The van der Waals surface area contributed by atoms with Gasteiger partial charge < -0.3 is 5.11 Å². The van der Waals surface area contributed by atoms with E-state index in [0.29, 0.717) is 0 Å². The van der Waals surface area contributed by atoms with Crippen molar-refractivity contribution < 1.29 is 5.11 Å². The lowest BCUT2D eigenvalue weighted by molar-refractivity contribution is 0.285. The highest BCUT2D eigenvalue weighted by atomic mass is 32.2. The standard InChI is InChI=1S/C25H21NOS2/c27-18-24-23(26-19-28-24)16-17-29-25(20-10-4-1-5-11-20,21-12-6-2-7-13-21)22-14-8-3-9-15-22/h1-17,19,27H,18H2. The van der Waals surface area contributed by atoms with Crippen LogP contribution < -0.4 is 0 Å². The molecule has 0 spiro atoms. The molecule has 29 heavy (non-hydrogen) atoms. The molecule has 1 N–H and O–H groups in total. The zero-order valence-electron chi connectivity index (χ0n) is 15.8. The van der Waals surface area contributed by atoms with E-state index in [1.54, 1.807) is 17.3 Å². The van der Waals surface area contributed by atoms with Gasteiger partial charge >= 0.3 is 0 Å². The molecule has 2 nitrogen and oxygen atoms in total. The Kier molecular flexibility index (Phi) is 6.25. The third-order valence-electron chi connectivity index (χ3n) is 4.83. The Morgan fingerprint density at radius 1 is 0.793 bits per heavy atom. The van der Waals surface area contributed by atoms with Crippen molar-refractivity contribution in [2.45, 2.75) is 11.4 Å². The van der Waals surface area contributed by atoms with E-state index in [1.165, 1.54) is 28.0 Å². The van der Waals surface area contributed by atoms with E-state index >= 15 is 0 Å². The van der Waals surface area contributed by atoms with Gasteiger partial charge in [-0.2, -0.15) is 0 Å². The van der Waals surface area contributed by atoms with Gasteiger partial charge in [-0.05, 0) is 28.2 Å². The summed E-state index contributed by atoms with van der Waals surface area (Å²) < 4.78 is -0.393. The van der Waals surface area contributed by atoms with Crippen molar-refractivity contribution in [3.05, 3.63) is 129 Å². The van der Waals surface area contributed by atoms with Gasteiger partial charge in [0.1, 0.15) is 0 Å². The van der Waals surface area contributed by atoms with Crippen LogP contribution in [0.5, 0.6) is 0 Å². The molecule has 0 amide bonds. The van der Waals surface area contributed by atoms with E-state index in [9.17, 15) is 5.11 Å². The molecular formula is C25H21NOS2. The number of aliphatic hydroxyl groups is 1. The Hall–Kier alpha value is -2.66. The van der Waals surface area contributed by atoms with E-state index in [2.05, 4.69) is 83.2 Å². The van der Waals surface area contributed by atoms with Gasteiger partial charge in [0.2, 0.25) is 0 Å². The summed E-state index contributed by atoms with van der Waals surface area (Å²) in [4.78, 5) is 5.26. The monoisotopic (exact) mass is 415 g/mol. The second kappa shape index (κ2) is 9.23. The first-order valence-electron chi connectivity index (χ1n) is 9.39. The number of rotatable bonds is 7. The Bertz CT molecular complexity index is 963. The quantitative estimate of drug-likeness (QED) is 0.358. The predicted molar refractivity (Wildman–Crippen MR) is 124 cm³/mol. The summed E-state index contributed by atoms with van der Waals surface area (Å²) in [7, 11) is 0. The van der Waals surface area contributed by atoms with Crippen LogP contribution in [-0.4, -0.2) is 10.1 Å². The maximum Gasteiger partial charge on any atom is 0.0948 e. The minimum atomic E-state index is -0.393. The number of thioether (sulfide) groups is 1. The maximum absolute atomic E-state index is 9.53. The summed E-state index contributed by atoms with van der Waals surface area (Å²) in [6, 6.07) is 31.8. The summed E-state index contributed by atoms with van der Waals surface area (Å²) in [5.74, 6) is 0. The molecule has 0 atom stereocenters. The summed E-state index contributed by atoms with van der Waals surface area (Å²) in [6.45, 7) is 0.0101. The van der Waals surface area contributed by atoms with Gasteiger partial charge in [0.25, 0.3) is 0 Å². The molecule has 0 bridgehead atoms. The average Bonchev–Trinajstić information content (AvgIpc) is 3.26. The van der Waals surface area contributed by atoms with Crippen molar-refractivity contribution in [2.24, 2.45) is 0 Å². The number of thiazole rings is 1. The van der Waals surface area contributed by atoms with E-state index < -0.39 is 4.75 Å². The van der Waals surface area contributed by atoms with Crippen LogP contribution in [-0.2, 0) is 11.4 Å². The van der Waals surface area contributed by atoms with Gasteiger partial charge in [0, 0.05) is 0 Å². The first kappa shape index (κ1) is 19.6. The third-order valence-corrected chi connectivity index (χ3v) is 6.99. The van der Waals surface area contributed by atoms with Crippen molar-refractivity contribution >= 4 is 29.2 Å². The topological polar surface area (TPSA) is 33.1 Å². The molecule has 0 radical (unpaired) electrons. The van der Waals surface area contributed by atoms with Gasteiger partial charge in [-0.1, -0.05) is 91.0 Å². The lowest BCUT2D eigenvalue weighted by Crippen LogP contribution is -2.24. The van der Waals surface area contributed by atoms with Gasteiger partial charge in [0.15, 0.2) is 0 Å². The lowest BCUT2D eigenvalue weighted by Gasteiger charge is -2.34. The molecule has 0 aliphatic carbocycles. The normalized spacial score (nSPS) is 11.8. The summed E-state index contributed by atoms with van der Waals surface area (Å²) in [5.41, 5.74) is 6.25. The highest BCUT2D eigenvalue weighted by Crippen LogP contribution is 2.49. The number of aromatic nitrogens is 1. The lowest BCUT2D eigenvalue weighted by atomic mass is 9.84. The zero-order chi connectivity index (χ0) is 19.9. The predicted octanol–water partition coefficient (Wildman–Crippen LogP) is 6.33. The van der Waals surface area contributed by atoms with Gasteiger partial charge in [-0.15, -0.1) is 23.1 Å². The molecule has 4 aromatic rings. The molecule has 0 saturated carbocycles. The van der Waals surface area contributed by atoms with Crippen LogP contribution in [0.4, 0.5) is 0 Å². The smallest absolute Gasteiger partial charge is 0.0948 e. The molecule has 0 aliphatic rings. The van der Waals surface area contributed by atoms with Crippen molar-refractivity contribution in [1.82, 2.24) is 4.98 Å². The number of aliphatic hydroxyl groups excluding tert-OH is 1. The number of hydrogen-bond donors (Lipinski definition) is 1. The Morgan fingerprint density at radius 3 is 1.72 bits per heavy atom. The van der Waals surface area contributed by atoms with Crippen LogP contribution in [0.1, 0.15) is 27.3 Å². The van der Waals surface area contributed by atoms with Gasteiger partial charge in [0.05, 0.1) is 27.4 Å². The molecule has 0 unspecified atom stereocenters. The second-order valence-corrected chi connectivity index (χ2v) is 8.58. The summed E-state index contributed by atoms with van der Waals surface area (Å²) >= 11 is 3.22.